The lowest BCUT2D eigenvalue weighted by atomic mass is 10.1. The first-order valence-electron chi connectivity index (χ1n) is 10.2. The monoisotopic (exact) mass is 436 g/mol. The molecule has 4 aromatic rings. The van der Waals surface area contributed by atoms with Gasteiger partial charge in [0, 0.05) is 55.5 Å². The maximum absolute atomic E-state index is 12.6. The van der Waals surface area contributed by atoms with Crippen molar-refractivity contribution in [2.75, 3.05) is 18.6 Å². The van der Waals surface area contributed by atoms with Gasteiger partial charge in [0.25, 0.3) is 5.56 Å². The fourth-order valence-corrected chi connectivity index (χ4v) is 4.69. The van der Waals surface area contributed by atoms with E-state index in [0.29, 0.717) is 30.0 Å². The molecule has 1 aliphatic rings. The molecule has 1 aromatic carbocycles. The first-order valence-corrected chi connectivity index (χ1v) is 11.0. The van der Waals surface area contributed by atoms with E-state index in [9.17, 15) is 4.79 Å². The van der Waals surface area contributed by atoms with Gasteiger partial charge in [0.15, 0.2) is 5.13 Å². The van der Waals surface area contributed by atoms with E-state index in [1.165, 1.54) is 21.4 Å². The topological polar surface area (TPSA) is 78.1 Å². The Morgan fingerprint density at radius 1 is 1.23 bits per heavy atom. The second kappa shape index (κ2) is 7.49. The average Bonchev–Trinajstić information content (AvgIpc) is 3.28. The lowest BCUT2D eigenvalue weighted by molar-refractivity contribution is 0.278. The van der Waals surface area contributed by atoms with Crippen LogP contribution in [-0.4, -0.2) is 38.2 Å². The predicted molar refractivity (Wildman–Crippen MR) is 121 cm³/mol. The van der Waals surface area contributed by atoms with Crippen molar-refractivity contribution in [1.29, 1.82) is 0 Å². The third kappa shape index (κ3) is 3.59. The molecule has 31 heavy (non-hydrogen) atoms. The molecule has 0 amide bonds. The highest BCUT2D eigenvalue weighted by Crippen LogP contribution is 2.49. The molecule has 0 radical (unpaired) electrons. The molecule has 0 aliphatic heterocycles. The van der Waals surface area contributed by atoms with Crippen molar-refractivity contribution in [2.24, 2.45) is 20.0 Å². The minimum absolute atomic E-state index is 0.188. The largest absolute Gasteiger partial charge is 0.476 e. The molecule has 3 aromatic heterocycles. The number of hydrogen-bond acceptors (Lipinski definition) is 7. The zero-order chi connectivity index (χ0) is 21.7. The second-order valence-corrected chi connectivity index (χ2v) is 9.26. The molecule has 0 unspecified atom stereocenters. The Labute approximate surface area is 183 Å². The van der Waals surface area contributed by atoms with Gasteiger partial charge in [-0.2, -0.15) is 5.10 Å². The van der Waals surface area contributed by atoms with Gasteiger partial charge in [-0.3, -0.25) is 9.48 Å². The summed E-state index contributed by atoms with van der Waals surface area (Å²) in [5.74, 6) is 1.22. The van der Waals surface area contributed by atoms with Gasteiger partial charge in [-0.25, -0.2) is 9.67 Å². The molecule has 8 nitrogen and oxygen atoms in total. The lowest BCUT2D eigenvalue weighted by Gasteiger charge is -2.16. The molecule has 9 heteroatoms. The number of hydrogen-bond donors (Lipinski definition) is 0. The summed E-state index contributed by atoms with van der Waals surface area (Å²) in [4.78, 5) is 19.9. The standard InChI is InChI=1S/C22H24N6O2S/c1-13-11-23-22(31-13)26(2)18-10-19(24-28(4)21(18)29)30-12-14-9-16(14)20-15-7-5-6-8-17(15)27(3)25-20/h5-8,10-11,14,16H,9,12H2,1-4H3/t14-,16+/m1/s1. The van der Waals surface area contributed by atoms with Gasteiger partial charge in [0.05, 0.1) is 17.8 Å². The van der Waals surface area contributed by atoms with Gasteiger partial charge in [0.1, 0.15) is 5.69 Å². The first kappa shape index (κ1) is 19.7. The van der Waals surface area contributed by atoms with Crippen LogP contribution < -0.4 is 15.2 Å². The Morgan fingerprint density at radius 2 is 2.03 bits per heavy atom. The highest BCUT2D eigenvalue weighted by molar-refractivity contribution is 7.15. The smallest absolute Gasteiger partial charge is 0.290 e. The zero-order valence-corrected chi connectivity index (χ0v) is 18.8. The van der Waals surface area contributed by atoms with Crippen LogP contribution >= 0.6 is 11.3 Å². The van der Waals surface area contributed by atoms with Crippen LogP contribution in [0.5, 0.6) is 5.88 Å². The van der Waals surface area contributed by atoms with Gasteiger partial charge < -0.3 is 9.64 Å². The first-order chi connectivity index (χ1) is 14.9. The number of ether oxygens (including phenoxy) is 1. The molecule has 1 fully saturated rings. The van der Waals surface area contributed by atoms with E-state index in [-0.39, 0.29) is 5.56 Å². The van der Waals surface area contributed by atoms with E-state index in [1.807, 2.05) is 31.8 Å². The van der Waals surface area contributed by atoms with Gasteiger partial charge in [-0.05, 0) is 19.4 Å². The van der Waals surface area contributed by atoms with Crippen molar-refractivity contribution in [3.63, 3.8) is 0 Å². The number of aryl methyl sites for hydroxylation is 3. The summed E-state index contributed by atoms with van der Waals surface area (Å²) in [6.45, 7) is 2.53. The third-order valence-corrected chi connectivity index (χ3v) is 6.77. The van der Waals surface area contributed by atoms with Crippen molar-refractivity contribution in [3.05, 3.63) is 57.5 Å². The van der Waals surface area contributed by atoms with E-state index in [2.05, 4.69) is 28.3 Å². The highest BCUT2D eigenvalue weighted by atomic mass is 32.1. The van der Waals surface area contributed by atoms with Crippen molar-refractivity contribution in [1.82, 2.24) is 24.5 Å². The molecule has 160 valence electrons. The summed E-state index contributed by atoms with van der Waals surface area (Å²) in [5.41, 5.74) is 2.59. The van der Waals surface area contributed by atoms with E-state index in [1.54, 1.807) is 24.2 Å². The minimum atomic E-state index is -0.188. The van der Waals surface area contributed by atoms with Gasteiger partial charge >= 0.3 is 0 Å². The van der Waals surface area contributed by atoms with Crippen LogP contribution in [-0.2, 0) is 14.1 Å². The van der Waals surface area contributed by atoms with Crippen LogP contribution in [0, 0.1) is 12.8 Å². The summed E-state index contributed by atoms with van der Waals surface area (Å²) in [5, 5.41) is 11.0. The third-order valence-electron chi connectivity index (χ3n) is 5.78. The number of benzene rings is 1. The molecule has 2 atom stereocenters. The molecular weight excluding hydrogens is 412 g/mol. The molecule has 1 saturated carbocycles. The van der Waals surface area contributed by atoms with Gasteiger partial charge in [-0.1, -0.05) is 18.2 Å². The zero-order valence-electron chi connectivity index (χ0n) is 17.9. The summed E-state index contributed by atoms with van der Waals surface area (Å²) >= 11 is 1.54. The van der Waals surface area contributed by atoms with Crippen LogP contribution in [0.4, 0.5) is 10.8 Å². The number of nitrogens with zero attached hydrogens (tertiary/aromatic N) is 6. The number of para-hydroxylation sites is 1. The normalized spacial score (nSPS) is 17.8. The Hall–Kier alpha value is -3.20. The molecule has 3 heterocycles. The fraction of sp³-hybridized carbons (Fsp3) is 0.364. The quantitative estimate of drug-likeness (QED) is 0.461. The molecule has 0 N–H and O–H groups in total. The van der Waals surface area contributed by atoms with E-state index in [0.717, 1.165) is 27.6 Å². The van der Waals surface area contributed by atoms with E-state index >= 15 is 0 Å². The summed E-state index contributed by atoms with van der Waals surface area (Å²) < 4.78 is 9.28. The average molecular weight is 437 g/mol. The van der Waals surface area contributed by atoms with Crippen molar-refractivity contribution < 1.29 is 4.74 Å². The summed E-state index contributed by atoms with van der Waals surface area (Å²) in [6, 6.07) is 10.0. The Morgan fingerprint density at radius 3 is 2.81 bits per heavy atom. The molecule has 0 saturated heterocycles. The van der Waals surface area contributed by atoms with Crippen LogP contribution in [0.15, 0.2) is 41.3 Å². The number of aromatic nitrogens is 5. The van der Waals surface area contributed by atoms with Crippen LogP contribution in [0.2, 0.25) is 0 Å². The number of thiazole rings is 1. The van der Waals surface area contributed by atoms with Crippen molar-refractivity contribution in [2.45, 2.75) is 19.3 Å². The van der Waals surface area contributed by atoms with Crippen molar-refractivity contribution >= 4 is 33.1 Å². The Kier molecular flexibility index (Phi) is 4.77. The van der Waals surface area contributed by atoms with Gasteiger partial charge in [0.2, 0.25) is 5.88 Å². The van der Waals surface area contributed by atoms with E-state index < -0.39 is 0 Å². The Balaban J connectivity index is 1.32. The maximum Gasteiger partial charge on any atom is 0.290 e. The van der Waals surface area contributed by atoms with Crippen LogP contribution in [0.3, 0.4) is 0 Å². The number of fused-ring (bicyclic) bond motifs is 1. The fourth-order valence-electron chi connectivity index (χ4n) is 3.95. The predicted octanol–water partition coefficient (Wildman–Crippen LogP) is 3.38. The summed E-state index contributed by atoms with van der Waals surface area (Å²) in [7, 11) is 5.46. The SMILES string of the molecule is Cc1cnc(N(C)c2cc(OC[C@H]3C[C@@H]3c3nn(C)c4ccccc34)nn(C)c2=O)s1. The second-order valence-electron chi connectivity index (χ2n) is 8.05. The van der Waals surface area contributed by atoms with Gasteiger partial charge in [-0.15, -0.1) is 16.4 Å². The molecular formula is C22H24N6O2S. The van der Waals surface area contributed by atoms with Crippen LogP contribution in [0.25, 0.3) is 10.9 Å². The summed E-state index contributed by atoms with van der Waals surface area (Å²) in [6.07, 6.45) is 2.84. The molecule has 5 rings (SSSR count). The molecule has 0 bridgehead atoms. The highest BCUT2D eigenvalue weighted by Gasteiger charge is 2.42. The molecule has 1 aliphatic carbocycles. The number of rotatable bonds is 6. The minimum Gasteiger partial charge on any atom is -0.476 e. The lowest BCUT2D eigenvalue weighted by Crippen LogP contribution is -2.27. The maximum atomic E-state index is 12.6. The van der Waals surface area contributed by atoms with Crippen molar-refractivity contribution in [3.8, 4) is 5.88 Å². The number of anilines is 2. The Bertz CT molecular complexity index is 1320. The van der Waals surface area contributed by atoms with Crippen LogP contribution in [0.1, 0.15) is 22.9 Å². The molecule has 0 spiro atoms. The van der Waals surface area contributed by atoms with E-state index in [4.69, 9.17) is 9.84 Å².